The molecular weight excluding hydrogens is 424 g/mol. The van der Waals surface area contributed by atoms with E-state index < -0.39 is 6.04 Å². The van der Waals surface area contributed by atoms with Crippen molar-refractivity contribution in [1.82, 2.24) is 10.2 Å². The number of carbonyl (C=O) groups is 2. The molecule has 2 aromatic carbocycles. The Morgan fingerprint density at radius 2 is 1.81 bits per heavy atom. The molecule has 6 heteroatoms. The molecule has 0 aromatic heterocycles. The molecule has 1 aliphatic carbocycles. The van der Waals surface area contributed by atoms with Crippen LogP contribution in [0.25, 0.3) is 0 Å². The van der Waals surface area contributed by atoms with Gasteiger partial charge in [0.05, 0.1) is 13.5 Å². The number of benzene rings is 2. The molecule has 3 rings (SSSR count). The third-order valence-corrected chi connectivity index (χ3v) is 6.30. The molecule has 0 spiro atoms. The molecule has 1 N–H and O–H groups in total. The smallest absolute Gasteiger partial charge is 0.243 e. The normalized spacial score (nSPS) is 15.1. The second-order valence-corrected chi connectivity index (χ2v) is 8.88. The van der Waals surface area contributed by atoms with Gasteiger partial charge in [-0.2, -0.15) is 0 Å². The van der Waals surface area contributed by atoms with Gasteiger partial charge in [-0.05, 0) is 54.7 Å². The van der Waals surface area contributed by atoms with Gasteiger partial charge in [0, 0.05) is 17.6 Å². The van der Waals surface area contributed by atoms with E-state index in [1.54, 1.807) is 24.1 Å². The van der Waals surface area contributed by atoms with Gasteiger partial charge in [0.15, 0.2) is 0 Å². The summed E-state index contributed by atoms with van der Waals surface area (Å²) < 4.78 is 5.34. The van der Waals surface area contributed by atoms with E-state index in [4.69, 9.17) is 16.3 Å². The summed E-state index contributed by atoms with van der Waals surface area (Å²) in [5.74, 6) is 0.562. The zero-order valence-electron chi connectivity index (χ0n) is 19.0. The van der Waals surface area contributed by atoms with Gasteiger partial charge in [-0.3, -0.25) is 9.59 Å². The average molecular weight is 457 g/mol. The highest BCUT2D eigenvalue weighted by atomic mass is 35.5. The fraction of sp³-hybridized carbons (Fsp3) is 0.462. The number of rotatable bonds is 9. The Morgan fingerprint density at radius 1 is 1.09 bits per heavy atom. The first kappa shape index (κ1) is 24.1. The highest BCUT2D eigenvalue weighted by Crippen LogP contribution is 2.21. The van der Waals surface area contributed by atoms with Crippen LogP contribution in [0.3, 0.4) is 0 Å². The van der Waals surface area contributed by atoms with Crippen molar-refractivity contribution in [2.45, 2.75) is 70.5 Å². The average Bonchev–Trinajstić information content (AvgIpc) is 2.79. The minimum Gasteiger partial charge on any atom is -0.497 e. The van der Waals surface area contributed by atoms with Crippen molar-refractivity contribution in [3.8, 4) is 5.75 Å². The summed E-state index contributed by atoms with van der Waals surface area (Å²) >= 11 is 6.12. The Balaban J connectivity index is 1.82. The monoisotopic (exact) mass is 456 g/mol. The predicted molar refractivity (Wildman–Crippen MR) is 128 cm³/mol. The number of halogens is 1. The number of amides is 2. The van der Waals surface area contributed by atoms with Crippen LogP contribution >= 0.6 is 11.6 Å². The van der Waals surface area contributed by atoms with Crippen molar-refractivity contribution in [2.24, 2.45) is 0 Å². The summed E-state index contributed by atoms with van der Waals surface area (Å²) in [6, 6.07) is 14.6. The number of nitrogens with zero attached hydrogens (tertiary/aromatic N) is 1. The van der Waals surface area contributed by atoms with E-state index in [0.29, 0.717) is 18.0 Å². The Hall–Kier alpha value is -2.53. The van der Waals surface area contributed by atoms with Crippen LogP contribution in [0.5, 0.6) is 5.75 Å². The molecule has 2 amide bonds. The number of nitrogens with one attached hydrogen (secondary N) is 1. The lowest BCUT2D eigenvalue weighted by molar-refractivity contribution is -0.141. The van der Waals surface area contributed by atoms with Crippen LogP contribution in [0, 0.1) is 0 Å². The molecule has 172 valence electrons. The van der Waals surface area contributed by atoms with Crippen molar-refractivity contribution < 1.29 is 14.3 Å². The third kappa shape index (κ3) is 6.73. The van der Waals surface area contributed by atoms with E-state index in [2.05, 4.69) is 5.32 Å². The zero-order valence-corrected chi connectivity index (χ0v) is 19.7. The fourth-order valence-corrected chi connectivity index (χ4v) is 4.57. The lowest BCUT2D eigenvalue weighted by Crippen LogP contribution is -2.51. The maximum atomic E-state index is 13.5. The molecule has 0 aliphatic heterocycles. The first-order valence-electron chi connectivity index (χ1n) is 11.5. The molecule has 0 radical (unpaired) electrons. The Morgan fingerprint density at radius 3 is 2.50 bits per heavy atom. The van der Waals surface area contributed by atoms with Gasteiger partial charge < -0.3 is 15.0 Å². The number of hydrogen-bond donors (Lipinski definition) is 1. The first-order chi connectivity index (χ1) is 15.5. The van der Waals surface area contributed by atoms with Crippen molar-refractivity contribution in [1.29, 1.82) is 0 Å². The van der Waals surface area contributed by atoms with E-state index in [9.17, 15) is 9.59 Å². The van der Waals surface area contributed by atoms with Crippen LogP contribution in [0.1, 0.15) is 56.6 Å². The molecule has 1 fully saturated rings. The topological polar surface area (TPSA) is 58.6 Å². The van der Waals surface area contributed by atoms with E-state index in [0.717, 1.165) is 42.6 Å². The molecule has 0 heterocycles. The molecule has 2 aromatic rings. The zero-order chi connectivity index (χ0) is 22.9. The molecule has 5 nitrogen and oxygen atoms in total. The molecule has 1 saturated carbocycles. The summed E-state index contributed by atoms with van der Waals surface area (Å²) in [6.07, 6.45) is 6.26. The van der Waals surface area contributed by atoms with E-state index in [1.165, 1.54) is 6.42 Å². The van der Waals surface area contributed by atoms with Gasteiger partial charge >= 0.3 is 0 Å². The lowest BCUT2D eigenvalue weighted by atomic mass is 9.95. The number of carbonyl (C=O) groups excluding carboxylic acids is 2. The molecule has 1 unspecified atom stereocenters. The Kier molecular flexibility index (Phi) is 8.98. The van der Waals surface area contributed by atoms with E-state index in [1.807, 2.05) is 43.3 Å². The van der Waals surface area contributed by atoms with Gasteiger partial charge in [0.25, 0.3) is 0 Å². The van der Waals surface area contributed by atoms with Crippen molar-refractivity contribution >= 4 is 23.4 Å². The van der Waals surface area contributed by atoms with Crippen molar-refractivity contribution in [3.05, 3.63) is 64.7 Å². The summed E-state index contributed by atoms with van der Waals surface area (Å²) in [5, 5.41) is 3.80. The van der Waals surface area contributed by atoms with E-state index in [-0.39, 0.29) is 24.3 Å². The quantitative estimate of drug-likeness (QED) is 0.567. The Labute approximate surface area is 196 Å². The van der Waals surface area contributed by atoms with Crippen LogP contribution in [-0.2, 0) is 22.6 Å². The Bertz CT molecular complexity index is 911. The first-order valence-corrected chi connectivity index (χ1v) is 11.8. The summed E-state index contributed by atoms with van der Waals surface area (Å²) in [7, 11) is 1.62. The van der Waals surface area contributed by atoms with Gasteiger partial charge in [-0.25, -0.2) is 0 Å². The molecular formula is C26H33ClN2O3. The predicted octanol–water partition coefficient (Wildman–Crippen LogP) is 5.15. The largest absolute Gasteiger partial charge is 0.497 e. The third-order valence-electron chi connectivity index (χ3n) is 6.07. The number of methoxy groups -OCH3 is 1. The van der Waals surface area contributed by atoms with Crippen molar-refractivity contribution in [2.75, 3.05) is 7.11 Å². The second kappa shape index (κ2) is 11.9. The van der Waals surface area contributed by atoms with Crippen LogP contribution in [-0.4, -0.2) is 35.9 Å². The summed E-state index contributed by atoms with van der Waals surface area (Å²) in [5.41, 5.74) is 1.76. The molecule has 0 saturated heterocycles. The minimum absolute atomic E-state index is 0.0678. The maximum absolute atomic E-state index is 13.5. The SMILES string of the molecule is CCC(C(=O)NC1CCCCC1)N(Cc1cccc(OC)c1)C(=O)Cc1cccc(Cl)c1. The van der Waals surface area contributed by atoms with Gasteiger partial charge in [-0.15, -0.1) is 0 Å². The maximum Gasteiger partial charge on any atom is 0.243 e. The van der Waals surface area contributed by atoms with Crippen molar-refractivity contribution in [3.63, 3.8) is 0 Å². The highest BCUT2D eigenvalue weighted by Gasteiger charge is 2.30. The molecule has 0 bridgehead atoms. The standard InChI is InChI=1S/C26H33ClN2O3/c1-3-24(26(31)28-22-12-5-4-6-13-22)29(18-20-10-8-14-23(16-20)32-2)25(30)17-19-9-7-11-21(27)15-19/h7-11,14-16,22,24H,3-6,12-13,17-18H2,1-2H3,(H,28,31). The summed E-state index contributed by atoms with van der Waals surface area (Å²) in [4.78, 5) is 28.4. The van der Waals surface area contributed by atoms with Crippen LogP contribution in [0.4, 0.5) is 0 Å². The van der Waals surface area contributed by atoms with Crippen LogP contribution in [0.15, 0.2) is 48.5 Å². The van der Waals surface area contributed by atoms with Gasteiger partial charge in [-0.1, -0.05) is 62.1 Å². The fourth-order valence-electron chi connectivity index (χ4n) is 4.35. The van der Waals surface area contributed by atoms with Crippen LogP contribution in [0.2, 0.25) is 5.02 Å². The van der Waals surface area contributed by atoms with Gasteiger partial charge in [0.1, 0.15) is 11.8 Å². The lowest BCUT2D eigenvalue weighted by Gasteiger charge is -2.33. The van der Waals surface area contributed by atoms with E-state index >= 15 is 0 Å². The van der Waals surface area contributed by atoms with Crippen LogP contribution < -0.4 is 10.1 Å². The summed E-state index contributed by atoms with van der Waals surface area (Å²) in [6.45, 7) is 2.30. The highest BCUT2D eigenvalue weighted by molar-refractivity contribution is 6.30. The van der Waals surface area contributed by atoms with Gasteiger partial charge in [0.2, 0.25) is 11.8 Å². The minimum atomic E-state index is -0.533. The second-order valence-electron chi connectivity index (χ2n) is 8.45. The number of hydrogen-bond acceptors (Lipinski definition) is 3. The molecule has 1 atom stereocenters. The number of ether oxygens (including phenoxy) is 1. The molecule has 32 heavy (non-hydrogen) atoms. The molecule has 1 aliphatic rings.